The van der Waals surface area contributed by atoms with E-state index < -0.39 is 35.9 Å². The molecule has 0 aromatic heterocycles. The second kappa shape index (κ2) is 9.47. The first-order valence-corrected chi connectivity index (χ1v) is 9.47. The van der Waals surface area contributed by atoms with Gasteiger partial charge in [-0.15, -0.1) is 0 Å². The van der Waals surface area contributed by atoms with Gasteiger partial charge in [-0.05, 0) is 55.3 Å². The van der Waals surface area contributed by atoms with Crippen molar-refractivity contribution in [1.29, 1.82) is 0 Å². The van der Waals surface area contributed by atoms with Gasteiger partial charge < -0.3 is 14.4 Å². The van der Waals surface area contributed by atoms with Crippen LogP contribution in [-0.2, 0) is 9.53 Å². The molecule has 0 N–H and O–H groups in total. The summed E-state index contributed by atoms with van der Waals surface area (Å²) in [5.41, 5.74) is 0.468. The molecule has 0 bridgehead atoms. The highest BCUT2D eigenvalue weighted by molar-refractivity contribution is 5.98. The number of hydrogen-bond acceptors (Lipinski definition) is 5. The first-order chi connectivity index (χ1) is 14.4. The molecule has 1 saturated heterocycles. The summed E-state index contributed by atoms with van der Waals surface area (Å²) in [5, 5.41) is 0. The van der Waals surface area contributed by atoms with Gasteiger partial charge in [-0.2, -0.15) is 0 Å². The Kier molecular flexibility index (Phi) is 6.76. The van der Waals surface area contributed by atoms with Gasteiger partial charge in [-0.3, -0.25) is 14.4 Å². The van der Waals surface area contributed by atoms with E-state index in [1.807, 2.05) is 0 Å². The predicted octanol–water partition coefficient (Wildman–Crippen LogP) is 3.25. The van der Waals surface area contributed by atoms with Crippen molar-refractivity contribution in [2.45, 2.75) is 12.8 Å². The number of piperidine rings is 1. The number of amides is 1. The summed E-state index contributed by atoms with van der Waals surface area (Å²) in [6.45, 7) is 0.223. The monoisotopic (exact) mass is 417 g/mol. The van der Waals surface area contributed by atoms with Crippen LogP contribution in [0.2, 0.25) is 0 Å². The van der Waals surface area contributed by atoms with Crippen LogP contribution >= 0.6 is 0 Å². The van der Waals surface area contributed by atoms with E-state index in [4.69, 9.17) is 9.47 Å². The lowest BCUT2D eigenvalue weighted by molar-refractivity contribution is -0.148. The second-order valence-corrected chi connectivity index (χ2v) is 6.95. The van der Waals surface area contributed by atoms with E-state index in [1.165, 1.54) is 43.5 Å². The fraction of sp³-hybridized carbons (Fsp3) is 0.318. The number of methoxy groups -OCH3 is 1. The number of esters is 1. The Balaban J connectivity index is 1.48. The number of rotatable bonds is 6. The third-order valence-electron chi connectivity index (χ3n) is 5.03. The van der Waals surface area contributed by atoms with Crippen molar-refractivity contribution in [2.24, 2.45) is 5.92 Å². The van der Waals surface area contributed by atoms with E-state index in [0.29, 0.717) is 31.5 Å². The van der Waals surface area contributed by atoms with Crippen molar-refractivity contribution < 1.29 is 32.6 Å². The van der Waals surface area contributed by atoms with Crippen molar-refractivity contribution in [3.8, 4) is 5.75 Å². The first-order valence-electron chi connectivity index (χ1n) is 9.47. The van der Waals surface area contributed by atoms with E-state index in [1.54, 1.807) is 4.90 Å². The number of halogens is 2. The number of benzene rings is 2. The maximum Gasteiger partial charge on any atom is 0.309 e. The van der Waals surface area contributed by atoms with Crippen LogP contribution in [0.3, 0.4) is 0 Å². The fourth-order valence-electron chi connectivity index (χ4n) is 3.27. The third-order valence-corrected chi connectivity index (χ3v) is 5.03. The summed E-state index contributed by atoms with van der Waals surface area (Å²) >= 11 is 0. The Hall–Kier alpha value is -3.29. The van der Waals surface area contributed by atoms with Crippen LogP contribution in [0.15, 0.2) is 42.5 Å². The minimum Gasteiger partial charge on any atom is -0.494 e. The minimum atomic E-state index is -0.673. The maximum absolute atomic E-state index is 13.7. The van der Waals surface area contributed by atoms with Gasteiger partial charge in [0.1, 0.15) is 5.82 Å². The molecule has 0 unspecified atom stereocenters. The molecule has 1 heterocycles. The Morgan fingerprint density at radius 1 is 1.00 bits per heavy atom. The second-order valence-electron chi connectivity index (χ2n) is 6.95. The Morgan fingerprint density at radius 3 is 2.23 bits per heavy atom. The van der Waals surface area contributed by atoms with Gasteiger partial charge in [0.05, 0.1) is 13.0 Å². The molecule has 0 radical (unpaired) electrons. The Morgan fingerprint density at radius 2 is 1.63 bits per heavy atom. The number of nitrogens with zero attached hydrogens (tertiary/aromatic N) is 1. The highest BCUT2D eigenvalue weighted by Crippen LogP contribution is 2.21. The molecule has 1 amide bonds. The summed E-state index contributed by atoms with van der Waals surface area (Å²) < 4.78 is 36.6. The molecule has 6 nitrogen and oxygen atoms in total. The Bertz CT molecular complexity index is 937. The number of likely N-dealkylation sites (tertiary alicyclic amines) is 1. The van der Waals surface area contributed by atoms with Crippen molar-refractivity contribution >= 4 is 17.7 Å². The first kappa shape index (κ1) is 21.4. The van der Waals surface area contributed by atoms with Crippen molar-refractivity contribution in [3.05, 3.63) is 65.2 Å². The van der Waals surface area contributed by atoms with Gasteiger partial charge in [0.25, 0.3) is 5.91 Å². The topological polar surface area (TPSA) is 72.9 Å². The van der Waals surface area contributed by atoms with Crippen molar-refractivity contribution in [1.82, 2.24) is 4.90 Å². The third kappa shape index (κ3) is 5.00. The van der Waals surface area contributed by atoms with Crippen LogP contribution in [-0.4, -0.2) is 49.4 Å². The van der Waals surface area contributed by atoms with Crippen molar-refractivity contribution in [2.75, 3.05) is 26.8 Å². The lowest BCUT2D eigenvalue weighted by Crippen LogP contribution is -2.40. The number of ketones is 1. The zero-order valence-electron chi connectivity index (χ0n) is 16.4. The number of ether oxygens (including phenoxy) is 2. The van der Waals surface area contributed by atoms with Crippen LogP contribution in [0.5, 0.6) is 5.75 Å². The van der Waals surface area contributed by atoms with Crippen LogP contribution in [0.4, 0.5) is 8.78 Å². The van der Waals surface area contributed by atoms with Crippen molar-refractivity contribution in [3.63, 3.8) is 0 Å². The summed E-state index contributed by atoms with van der Waals surface area (Å²) in [6.07, 6.45) is 0.800. The fourth-order valence-corrected chi connectivity index (χ4v) is 3.27. The van der Waals surface area contributed by atoms with Gasteiger partial charge in [0.15, 0.2) is 24.0 Å². The lowest BCUT2D eigenvalue weighted by Gasteiger charge is -2.31. The van der Waals surface area contributed by atoms with E-state index >= 15 is 0 Å². The highest BCUT2D eigenvalue weighted by atomic mass is 19.1. The lowest BCUT2D eigenvalue weighted by atomic mass is 9.96. The molecule has 0 atom stereocenters. The molecule has 0 spiro atoms. The van der Waals surface area contributed by atoms with Gasteiger partial charge in [-0.25, -0.2) is 8.78 Å². The normalized spacial score (nSPS) is 14.3. The number of hydrogen-bond donors (Lipinski definition) is 0. The van der Waals surface area contributed by atoms with Crippen LogP contribution < -0.4 is 4.74 Å². The quantitative estimate of drug-likeness (QED) is 0.533. The number of carbonyl (C=O) groups is 3. The van der Waals surface area contributed by atoms with Crippen LogP contribution in [0.25, 0.3) is 0 Å². The molecule has 0 aliphatic carbocycles. The largest absolute Gasteiger partial charge is 0.494 e. The molecule has 3 rings (SSSR count). The Labute approximate surface area is 172 Å². The molecule has 1 fully saturated rings. The van der Waals surface area contributed by atoms with Crippen LogP contribution in [0, 0.1) is 17.6 Å². The van der Waals surface area contributed by atoms with Gasteiger partial charge in [-0.1, -0.05) is 0 Å². The zero-order chi connectivity index (χ0) is 21.7. The maximum atomic E-state index is 13.7. The average Bonchev–Trinajstić information content (AvgIpc) is 2.77. The molecular formula is C22H21F2NO5. The molecule has 1 aliphatic heterocycles. The highest BCUT2D eigenvalue weighted by Gasteiger charge is 2.29. The van der Waals surface area contributed by atoms with E-state index in [2.05, 4.69) is 0 Å². The molecular weight excluding hydrogens is 396 g/mol. The van der Waals surface area contributed by atoms with Gasteiger partial charge in [0.2, 0.25) is 0 Å². The predicted molar refractivity (Wildman–Crippen MR) is 103 cm³/mol. The minimum absolute atomic E-state index is 0.0190. The molecule has 2 aromatic rings. The molecule has 8 heteroatoms. The van der Waals surface area contributed by atoms with E-state index in [0.717, 1.165) is 6.07 Å². The zero-order valence-corrected chi connectivity index (χ0v) is 16.4. The summed E-state index contributed by atoms with van der Waals surface area (Å²) in [4.78, 5) is 38.4. The molecule has 0 saturated carbocycles. The van der Waals surface area contributed by atoms with E-state index in [9.17, 15) is 23.2 Å². The van der Waals surface area contributed by atoms with Gasteiger partial charge >= 0.3 is 5.97 Å². The van der Waals surface area contributed by atoms with E-state index in [-0.39, 0.29) is 17.2 Å². The average molecular weight is 417 g/mol. The molecule has 30 heavy (non-hydrogen) atoms. The SMILES string of the molecule is COc1ccc(C(=O)COC(=O)C2CCN(C(=O)c3ccc(F)cc3)CC2)cc1F. The smallest absolute Gasteiger partial charge is 0.309 e. The number of Topliss-reactive ketones (excluding diaryl/α,β-unsaturated/α-hetero) is 1. The summed E-state index contributed by atoms with van der Waals surface area (Å²) in [6, 6.07) is 9.06. The van der Waals surface area contributed by atoms with Gasteiger partial charge in [0, 0.05) is 24.2 Å². The summed E-state index contributed by atoms with van der Waals surface area (Å²) in [7, 11) is 1.32. The summed E-state index contributed by atoms with van der Waals surface area (Å²) in [5.74, 6) is -2.76. The molecule has 1 aliphatic rings. The molecule has 158 valence electrons. The molecule has 2 aromatic carbocycles. The number of carbonyl (C=O) groups excluding carboxylic acids is 3. The standard InChI is InChI=1S/C22H21F2NO5/c1-29-20-7-4-16(12-18(20)24)19(26)13-30-22(28)15-8-10-25(11-9-15)21(27)14-2-5-17(23)6-3-14/h2-7,12,15H,8-11,13H2,1H3. The van der Waals surface area contributed by atoms with Crippen LogP contribution in [0.1, 0.15) is 33.6 Å².